The van der Waals surface area contributed by atoms with Gasteiger partial charge in [-0.05, 0) is 12.3 Å². The molecule has 0 radical (unpaired) electrons. The molecule has 2 N–H and O–H groups in total. The Bertz CT molecular complexity index is 555. The van der Waals surface area contributed by atoms with Gasteiger partial charge in [0.05, 0.1) is 11.3 Å². The van der Waals surface area contributed by atoms with Gasteiger partial charge in [0.2, 0.25) is 0 Å². The number of aliphatic imine (C=N–C) groups is 1. The van der Waals surface area contributed by atoms with Crippen LogP contribution in [0, 0.1) is 23.1 Å². The van der Waals surface area contributed by atoms with Crippen LogP contribution in [0.15, 0.2) is 17.1 Å². The predicted molar refractivity (Wildman–Crippen MR) is 62.7 cm³/mol. The average molecular weight is 271 g/mol. The molecule has 0 bridgehead atoms. The van der Waals surface area contributed by atoms with Crippen molar-refractivity contribution in [2.45, 2.75) is 0 Å². The van der Waals surface area contributed by atoms with Crippen molar-refractivity contribution in [3.8, 4) is 6.19 Å². The molecule has 0 aliphatic rings. The summed E-state index contributed by atoms with van der Waals surface area (Å²) in [6.07, 6.45) is 3.18. The van der Waals surface area contributed by atoms with E-state index >= 15 is 0 Å². The molecule has 0 aliphatic heterocycles. The van der Waals surface area contributed by atoms with Crippen LogP contribution in [0.25, 0.3) is 0 Å². The summed E-state index contributed by atoms with van der Waals surface area (Å²) in [5.41, 5.74) is -0.756. The van der Waals surface area contributed by atoms with Crippen LogP contribution in [0.5, 0.6) is 0 Å². The number of thioether (sulfide) groups is 1. The van der Waals surface area contributed by atoms with Gasteiger partial charge in [-0.1, -0.05) is 11.8 Å². The molecule has 0 aliphatic carbocycles. The van der Waals surface area contributed by atoms with Gasteiger partial charge in [0.1, 0.15) is 0 Å². The highest BCUT2D eigenvalue weighted by molar-refractivity contribution is 8.13. The van der Waals surface area contributed by atoms with Crippen LogP contribution in [0.2, 0.25) is 0 Å². The fraction of sp³-hybridized carbons (Fsp3) is 0.100. The van der Waals surface area contributed by atoms with Crippen molar-refractivity contribution in [3.63, 3.8) is 0 Å². The van der Waals surface area contributed by atoms with E-state index in [1.54, 1.807) is 12.4 Å². The Hall–Kier alpha value is -2.14. The molecule has 0 saturated carbocycles. The van der Waals surface area contributed by atoms with E-state index in [0.29, 0.717) is 12.1 Å². The molecular formula is C10H7F2N3O2S. The lowest BCUT2D eigenvalue weighted by molar-refractivity contribution is 0.0697. The molecule has 0 spiro atoms. The van der Waals surface area contributed by atoms with Crippen LogP contribution < -0.4 is 5.32 Å². The molecule has 1 rings (SSSR count). The van der Waals surface area contributed by atoms with Crippen molar-refractivity contribution in [3.05, 3.63) is 29.3 Å². The highest BCUT2D eigenvalue weighted by atomic mass is 32.2. The standard InChI is InChI=1S/C10H7F2N3O2S/c1-18-10(14-4-13)15-8-3-7(12)6(11)2-5(8)9(16)17/h2-3H,1H3,(H,14,15)(H,16,17). The zero-order valence-corrected chi connectivity index (χ0v) is 9.89. The molecule has 18 heavy (non-hydrogen) atoms. The molecule has 0 atom stereocenters. The van der Waals surface area contributed by atoms with E-state index in [4.69, 9.17) is 10.4 Å². The van der Waals surface area contributed by atoms with E-state index in [-0.39, 0.29) is 10.9 Å². The highest BCUT2D eigenvalue weighted by Crippen LogP contribution is 2.24. The van der Waals surface area contributed by atoms with E-state index in [0.717, 1.165) is 11.8 Å². The smallest absolute Gasteiger partial charge is 0.338 e. The van der Waals surface area contributed by atoms with E-state index in [1.165, 1.54) is 0 Å². The lowest BCUT2D eigenvalue weighted by Gasteiger charge is -2.04. The summed E-state index contributed by atoms with van der Waals surface area (Å²) < 4.78 is 26.0. The summed E-state index contributed by atoms with van der Waals surface area (Å²) in [6, 6.07) is 1.20. The van der Waals surface area contributed by atoms with E-state index in [1.807, 2.05) is 0 Å². The Morgan fingerprint density at radius 1 is 1.50 bits per heavy atom. The third-order valence-corrected chi connectivity index (χ3v) is 2.43. The summed E-state index contributed by atoms with van der Waals surface area (Å²) in [6.45, 7) is 0. The summed E-state index contributed by atoms with van der Waals surface area (Å²) in [4.78, 5) is 14.6. The van der Waals surface area contributed by atoms with Crippen molar-refractivity contribution in [2.24, 2.45) is 4.99 Å². The lowest BCUT2D eigenvalue weighted by Crippen LogP contribution is -2.13. The number of rotatable bonds is 2. The number of aromatic carboxylic acids is 1. The minimum Gasteiger partial charge on any atom is -0.478 e. The Kier molecular flexibility index (Phi) is 4.62. The number of hydrogen-bond acceptors (Lipinski definition) is 4. The number of nitrogens with zero attached hydrogens (tertiary/aromatic N) is 2. The minimum absolute atomic E-state index is 0.0750. The fourth-order valence-electron chi connectivity index (χ4n) is 1.08. The summed E-state index contributed by atoms with van der Waals surface area (Å²) in [5.74, 6) is -3.92. The molecule has 0 saturated heterocycles. The van der Waals surface area contributed by atoms with Crippen LogP contribution in [-0.4, -0.2) is 22.5 Å². The Labute approximate surface area is 105 Å². The number of benzene rings is 1. The fourth-order valence-corrected chi connectivity index (χ4v) is 1.42. The van der Waals surface area contributed by atoms with Gasteiger partial charge in [0.25, 0.3) is 0 Å². The van der Waals surface area contributed by atoms with Crippen molar-refractivity contribution in [1.29, 1.82) is 5.26 Å². The van der Waals surface area contributed by atoms with E-state index in [9.17, 15) is 13.6 Å². The third kappa shape index (κ3) is 3.18. The van der Waals surface area contributed by atoms with Gasteiger partial charge in [0, 0.05) is 6.07 Å². The Morgan fingerprint density at radius 2 is 2.11 bits per heavy atom. The summed E-state index contributed by atoms with van der Waals surface area (Å²) in [7, 11) is 0. The quantitative estimate of drug-likeness (QED) is 0.372. The first-order valence-corrected chi connectivity index (χ1v) is 5.72. The number of nitrogens with one attached hydrogen (secondary N) is 1. The van der Waals surface area contributed by atoms with Crippen LogP contribution in [-0.2, 0) is 0 Å². The molecule has 0 heterocycles. The number of halogens is 2. The van der Waals surface area contributed by atoms with Gasteiger partial charge in [-0.2, -0.15) is 5.26 Å². The molecule has 0 aromatic heterocycles. The molecule has 0 unspecified atom stereocenters. The number of carboxylic acids is 1. The van der Waals surface area contributed by atoms with E-state index in [2.05, 4.69) is 10.3 Å². The van der Waals surface area contributed by atoms with Gasteiger partial charge < -0.3 is 5.11 Å². The topological polar surface area (TPSA) is 85.5 Å². The number of amidine groups is 1. The Morgan fingerprint density at radius 3 is 2.61 bits per heavy atom. The molecule has 0 amide bonds. The minimum atomic E-state index is -1.44. The number of carboxylic acid groups (broad SMARTS) is 1. The van der Waals surface area contributed by atoms with Gasteiger partial charge in [-0.25, -0.2) is 18.6 Å². The number of carbonyl (C=O) groups is 1. The molecule has 0 fully saturated rings. The number of hydrogen-bond donors (Lipinski definition) is 2. The maximum absolute atomic E-state index is 13.0. The maximum atomic E-state index is 13.0. The molecule has 94 valence electrons. The van der Waals surface area contributed by atoms with Crippen LogP contribution in [0.1, 0.15) is 10.4 Å². The average Bonchev–Trinajstić information content (AvgIpc) is 2.32. The largest absolute Gasteiger partial charge is 0.478 e. The highest BCUT2D eigenvalue weighted by Gasteiger charge is 2.15. The number of nitriles is 1. The SMILES string of the molecule is CSC(=Nc1cc(F)c(F)cc1C(=O)O)NC#N. The normalized spacial score (nSPS) is 10.9. The third-order valence-electron chi connectivity index (χ3n) is 1.85. The monoisotopic (exact) mass is 271 g/mol. The van der Waals surface area contributed by atoms with Crippen LogP contribution in [0.4, 0.5) is 14.5 Å². The zero-order chi connectivity index (χ0) is 13.7. The maximum Gasteiger partial charge on any atom is 0.338 e. The van der Waals surface area contributed by atoms with Crippen molar-refractivity contribution in [1.82, 2.24) is 5.32 Å². The second kappa shape index (κ2) is 5.97. The summed E-state index contributed by atoms with van der Waals surface area (Å²) >= 11 is 1.03. The molecular weight excluding hydrogens is 264 g/mol. The van der Waals surface area contributed by atoms with Crippen LogP contribution >= 0.6 is 11.8 Å². The van der Waals surface area contributed by atoms with Crippen molar-refractivity contribution in [2.75, 3.05) is 6.26 Å². The zero-order valence-electron chi connectivity index (χ0n) is 9.07. The summed E-state index contributed by atoms with van der Waals surface area (Å²) in [5, 5.41) is 19.5. The second-order valence-corrected chi connectivity index (χ2v) is 3.74. The van der Waals surface area contributed by atoms with E-state index < -0.39 is 23.2 Å². The van der Waals surface area contributed by atoms with Gasteiger partial charge in [-0.15, -0.1) is 0 Å². The Balaban J connectivity index is 3.35. The van der Waals surface area contributed by atoms with Crippen LogP contribution in [0.3, 0.4) is 0 Å². The van der Waals surface area contributed by atoms with Crippen molar-refractivity contribution >= 4 is 28.6 Å². The lowest BCUT2D eigenvalue weighted by atomic mass is 10.1. The molecule has 1 aromatic carbocycles. The molecule has 8 heteroatoms. The molecule has 1 aromatic rings. The van der Waals surface area contributed by atoms with Gasteiger partial charge in [-0.3, -0.25) is 5.32 Å². The first-order valence-electron chi connectivity index (χ1n) is 4.49. The van der Waals surface area contributed by atoms with Gasteiger partial charge in [0.15, 0.2) is 23.0 Å². The first-order chi connectivity index (χ1) is 8.49. The first kappa shape index (κ1) is 13.9. The van der Waals surface area contributed by atoms with Crippen molar-refractivity contribution < 1.29 is 18.7 Å². The molecule has 5 nitrogen and oxygen atoms in total. The second-order valence-electron chi connectivity index (χ2n) is 2.95. The van der Waals surface area contributed by atoms with Gasteiger partial charge >= 0.3 is 5.97 Å². The predicted octanol–water partition coefficient (Wildman–Crippen LogP) is 2.08.